The van der Waals surface area contributed by atoms with E-state index in [-0.39, 0.29) is 46.7 Å². The van der Waals surface area contributed by atoms with Crippen LogP contribution in [-0.2, 0) is 0 Å². The predicted molar refractivity (Wildman–Crippen MR) is 153 cm³/mol. The number of hydrogen-bond donors (Lipinski definition) is 4. The van der Waals surface area contributed by atoms with E-state index in [0.29, 0.717) is 22.7 Å². The molecule has 0 radical (unpaired) electrons. The first-order valence-corrected chi connectivity index (χ1v) is 13.0. The molecule has 5 N–H and O–H groups in total. The van der Waals surface area contributed by atoms with E-state index in [1.54, 1.807) is 36.3 Å². The van der Waals surface area contributed by atoms with E-state index in [4.69, 9.17) is 15.4 Å². The molecule has 0 spiro atoms. The molecule has 4 aromatic rings. The Kier molecular flexibility index (Phi) is 6.93. The van der Waals surface area contributed by atoms with Gasteiger partial charge in [0.05, 0.1) is 29.8 Å². The van der Waals surface area contributed by atoms with Gasteiger partial charge in [-0.15, -0.1) is 0 Å². The van der Waals surface area contributed by atoms with Gasteiger partial charge >= 0.3 is 0 Å². The highest BCUT2D eigenvalue weighted by molar-refractivity contribution is 5.84. The normalized spacial score (nSPS) is 15.1. The van der Waals surface area contributed by atoms with Gasteiger partial charge in [0.1, 0.15) is 58.0 Å². The Morgan fingerprint density at radius 1 is 1.07 bits per heavy atom. The summed E-state index contributed by atoms with van der Waals surface area (Å²) in [5, 5.41) is 14.5. The Hall–Kier alpha value is -5.07. The summed E-state index contributed by atoms with van der Waals surface area (Å²) in [6, 6.07) is 13.3. The van der Waals surface area contributed by atoms with Crippen LogP contribution in [0.1, 0.15) is 24.3 Å². The lowest BCUT2D eigenvalue weighted by Gasteiger charge is -2.30. The maximum Gasteiger partial charge on any atom is 0.203 e. The zero-order valence-electron chi connectivity index (χ0n) is 22.2. The molecule has 12 heteroatoms. The molecular formula is C30H25F3N6O3. The van der Waals surface area contributed by atoms with E-state index < -0.39 is 28.9 Å². The summed E-state index contributed by atoms with van der Waals surface area (Å²) in [5.41, 5.74) is 4.89. The van der Waals surface area contributed by atoms with Crippen LogP contribution in [-0.4, -0.2) is 34.6 Å². The van der Waals surface area contributed by atoms with Crippen LogP contribution in [0.5, 0.6) is 0 Å². The highest BCUT2D eigenvalue weighted by Crippen LogP contribution is 2.41. The number of halogens is 3. The highest BCUT2D eigenvalue weighted by atomic mass is 19.1. The third-order valence-electron chi connectivity index (χ3n) is 7.08. The standard InChI is InChI=1S/C30H25F3N6O3/c1-16(30-25(17-4-2-5-19(31)12-17)29(41)26-20(32)6-3-7-24(26)42-30)39-23-14-35-15-38(34)28(23)27(37-39)18-8-9-22(21(33)13-18)36-10-11-40/h2-9,12-16,36-37,40H,10-11,34H2,1H3. The second-order valence-corrected chi connectivity index (χ2v) is 9.71. The highest BCUT2D eigenvalue weighted by Gasteiger charge is 2.37. The molecule has 0 bridgehead atoms. The molecule has 3 aromatic carbocycles. The number of nitrogens with zero attached hydrogens (tertiary/aromatic N) is 3. The monoisotopic (exact) mass is 574 g/mol. The minimum atomic E-state index is -0.764. The number of aliphatic hydroxyl groups excluding tert-OH is 1. The van der Waals surface area contributed by atoms with Crippen molar-refractivity contribution < 1.29 is 22.7 Å². The zero-order valence-corrected chi connectivity index (χ0v) is 22.2. The maximum atomic E-state index is 15.0. The molecule has 3 heterocycles. The summed E-state index contributed by atoms with van der Waals surface area (Å²) in [6.07, 6.45) is 2.93. The number of fused-ring (bicyclic) bond motifs is 2. The lowest BCUT2D eigenvalue weighted by molar-refractivity contribution is 0.215. The fourth-order valence-electron chi connectivity index (χ4n) is 5.15. The number of nitrogens with two attached hydrogens (primary N) is 1. The molecule has 2 aliphatic heterocycles. The van der Waals surface area contributed by atoms with Gasteiger partial charge in [0, 0.05) is 12.1 Å². The molecule has 0 amide bonds. The predicted octanol–water partition coefficient (Wildman–Crippen LogP) is 4.59. The van der Waals surface area contributed by atoms with Crippen molar-refractivity contribution in [2.24, 2.45) is 10.8 Å². The topological polar surface area (TPSA) is 119 Å². The van der Waals surface area contributed by atoms with Gasteiger partial charge in [-0.25, -0.2) is 24.0 Å². The summed E-state index contributed by atoms with van der Waals surface area (Å²) >= 11 is 0. The summed E-state index contributed by atoms with van der Waals surface area (Å²) < 4.78 is 50.3. The van der Waals surface area contributed by atoms with E-state index in [9.17, 15) is 18.0 Å². The third-order valence-corrected chi connectivity index (χ3v) is 7.08. The summed E-state index contributed by atoms with van der Waals surface area (Å²) in [7, 11) is 0. The third kappa shape index (κ3) is 4.56. The van der Waals surface area contributed by atoms with Crippen molar-refractivity contribution in [3.8, 4) is 11.1 Å². The van der Waals surface area contributed by atoms with Gasteiger partial charge in [-0.3, -0.25) is 20.2 Å². The van der Waals surface area contributed by atoms with Crippen LogP contribution >= 0.6 is 0 Å². The SMILES string of the molecule is CC(c1oc2cccc(F)c2c(=O)c1-c1cccc(F)c1)N1NC(c2ccc(NCCO)c(F)c2)=C2C1=CN=CN2N. The number of nitrogens with one attached hydrogen (secondary N) is 2. The first-order valence-electron chi connectivity index (χ1n) is 13.0. The quantitative estimate of drug-likeness (QED) is 0.237. The number of hydrogen-bond acceptors (Lipinski definition) is 9. The van der Waals surface area contributed by atoms with E-state index in [1.807, 2.05) is 0 Å². The van der Waals surface area contributed by atoms with Gasteiger partial charge in [-0.1, -0.05) is 24.3 Å². The van der Waals surface area contributed by atoms with Gasteiger partial charge < -0.3 is 14.8 Å². The van der Waals surface area contributed by atoms with Gasteiger partial charge in [0.2, 0.25) is 5.43 Å². The van der Waals surface area contributed by atoms with Crippen molar-refractivity contribution >= 4 is 28.7 Å². The first kappa shape index (κ1) is 27.1. The average molecular weight is 575 g/mol. The molecule has 9 nitrogen and oxygen atoms in total. The molecule has 42 heavy (non-hydrogen) atoms. The first-order chi connectivity index (χ1) is 20.3. The molecule has 1 atom stereocenters. The van der Waals surface area contributed by atoms with Crippen LogP contribution in [0.4, 0.5) is 18.9 Å². The van der Waals surface area contributed by atoms with Crippen molar-refractivity contribution in [3.63, 3.8) is 0 Å². The lowest BCUT2D eigenvalue weighted by atomic mass is 9.98. The Labute approximate surface area is 237 Å². The number of rotatable bonds is 7. The van der Waals surface area contributed by atoms with Gasteiger partial charge in [0.15, 0.2) is 0 Å². The molecule has 214 valence electrons. The number of aliphatic imine (C=N–C) groups is 1. The second kappa shape index (κ2) is 10.7. The molecule has 6 rings (SSSR count). The Morgan fingerprint density at radius 3 is 2.64 bits per heavy atom. The van der Waals surface area contributed by atoms with Gasteiger partial charge in [-0.05, 0) is 48.9 Å². The molecule has 0 saturated heterocycles. The van der Waals surface area contributed by atoms with E-state index in [2.05, 4.69) is 15.7 Å². The smallest absolute Gasteiger partial charge is 0.203 e. The van der Waals surface area contributed by atoms with E-state index >= 15 is 0 Å². The Balaban J connectivity index is 1.48. The minimum Gasteiger partial charge on any atom is -0.458 e. The van der Waals surface area contributed by atoms with Crippen molar-refractivity contribution in [1.82, 2.24) is 15.4 Å². The summed E-state index contributed by atoms with van der Waals surface area (Å²) in [4.78, 5) is 18.0. The fraction of sp³-hybridized carbons (Fsp3) is 0.133. The molecule has 0 aliphatic carbocycles. The number of hydrazine groups is 2. The maximum absolute atomic E-state index is 15.0. The number of aliphatic hydroxyl groups is 1. The molecule has 2 aliphatic rings. The number of benzene rings is 3. The fourth-order valence-corrected chi connectivity index (χ4v) is 5.15. The lowest BCUT2D eigenvalue weighted by Crippen LogP contribution is -2.36. The summed E-state index contributed by atoms with van der Waals surface area (Å²) in [5.74, 6) is 4.51. The van der Waals surface area contributed by atoms with Crippen LogP contribution in [0.25, 0.3) is 27.8 Å². The van der Waals surface area contributed by atoms with Crippen LogP contribution in [0.3, 0.4) is 0 Å². The van der Waals surface area contributed by atoms with Crippen LogP contribution in [0.2, 0.25) is 0 Å². The van der Waals surface area contributed by atoms with Gasteiger partial charge in [-0.2, -0.15) is 0 Å². The molecule has 1 unspecified atom stereocenters. The molecule has 0 saturated carbocycles. The summed E-state index contributed by atoms with van der Waals surface area (Å²) in [6.45, 7) is 1.76. The second-order valence-electron chi connectivity index (χ2n) is 9.71. The van der Waals surface area contributed by atoms with Crippen LogP contribution in [0, 0.1) is 17.5 Å². The minimum absolute atomic E-state index is 0.00808. The van der Waals surface area contributed by atoms with Gasteiger partial charge in [0.25, 0.3) is 0 Å². The Bertz CT molecular complexity index is 1870. The number of anilines is 1. The van der Waals surface area contributed by atoms with Crippen molar-refractivity contribution in [2.45, 2.75) is 13.0 Å². The van der Waals surface area contributed by atoms with Crippen molar-refractivity contribution in [2.75, 3.05) is 18.5 Å². The van der Waals surface area contributed by atoms with E-state index in [1.165, 1.54) is 47.7 Å². The largest absolute Gasteiger partial charge is 0.458 e. The Morgan fingerprint density at radius 2 is 1.88 bits per heavy atom. The average Bonchev–Trinajstić information content (AvgIpc) is 3.37. The van der Waals surface area contributed by atoms with Crippen LogP contribution in [0.15, 0.2) is 92.5 Å². The molecular weight excluding hydrogens is 549 g/mol. The van der Waals surface area contributed by atoms with Crippen molar-refractivity contribution in [3.05, 3.63) is 117 Å². The molecule has 0 fully saturated rings. The molecule has 1 aromatic heterocycles. The van der Waals surface area contributed by atoms with Crippen LogP contribution < -0.4 is 22.0 Å². The zero-order chi connectivity index (χ0) is 29.5. The van der Waals surface area contributed by atoms with Crippen molar-refractivity contribution in [1.29, 1.82) is 0 Å². The van der Waals surface area contributed by atoms with E-state index in [0.717, 1.165) is 6.07 Å².